The predicted molar refractivity (Wildman–Crippen MR) is 71.3 cm³/mol. The fourth-order valence-corrected chi connectivity index (χ4v) is 2.31. The summed E-state index contributed by atoms with van der Waals surface area (Å²) in [7, 11) is 0. The molecule has 0 saturated carbocycles. The first kappa shape index (κ1) is 12.1. The fourth-order valence-electron chi connectivity index (χ4n) is 2.31. The normalized spacial score (nSPS) is 19.5. The zero-order valence-corrected chi connectivity index (χ0v) is 10.7. The Morgan fingerprint density at radius 3 is 2.84 bits per heavy atom. The molecule has 6 nitrogen and oxygen atoms in total. The highest BCUT2D eigenvalue weighted by molar-refractivity contribution is 5.58. The smallest absolute Gasteiger partial charge is 0.182 e. The van der Waals surface area contributed by atoms with Crippen molar-refractivity contribution in [1.82, 2.24) is 20.2 Å². The first-order chi connectivity index (χ1) is 9.33. The van der Waals surface area contributed by atoms with Crippen LogP contribution >= 0.6 is 0 Å². The Kier molecular flexibility index (Phi) is 3.41. The summed E-state index contributed by atoms with van der Waals surface area (Å²) in [6, 6.07) is 7.56. The Bertz CT molecular complexity index is 530. The van der Waals surface area contributed by atoms with E-state index in [1.54, 1.807) is 0 Å². The maximum absolute atomic E-state index is 5.72. The topological polar surface area (TPSA) is 78.9 Å². The van der Waals surface area contributed by atoms with Crippen LogP contribution in [0, 0.1) is 0 Å². The Morgan fingerprint density at radius 2 is 2.11 bits per heavy atom. The van der Waals surface area contributed by atoms with Crippen molar-refractivity contribution in [2.24, 2.45) is 0 Å². The lowest BCUT2D eigenvalue weighted by Gasteiger charge is -2.22. The van der Waals surface area contributed by atoms with Crippen LogP contribution in [0.3, 0.4) is 0 Å². The largest absolute Gasteiger partial charge is 0.399 e. The maximum Gasteiger partial charge on any atom is 0.182 e. The number of nitrogens with zero attached hydrogens (tertiary/aromatic N) is 4. The van der Waals surface area contributed by atoms with Crippen LogP contribution in [0.4, 0.5) is 5.69 Å². The number of rotatable bonds is 3. The van der Waals surface area contributed by atoms with E-state index in [4.69, 9.17) is 10.5 Å². The van der Waals surface area contributed by atoms with Crippen LogP contribution in [0.25, 0.3) is 11.4 Å². The number of tetrazole rings is 1. The quantitative estimate of drug-likeness (QED) is 0.845. The second-order valence-electron chi connectivity index (χ2n) is 4.80. The first-order valence-corrected chi connectivity index (χ1v) is 6.56. The Labute approximate surface area is 111 Å². The monoisotopic (exact) mass is 259 g/mol. The van der Waals surface area contributed by atoms with Crippen molar-refractivity contribution in [3.63, 3.8) is 0 Å². The molecule has 0 bridgehead atoms. The molecular weight excluding hydrogens is 242 g/mol. The van der Waals surface area contributed by atoms with Crippen LogP contribution in [0.1, 0.15) is 19.3 Å². The van der Waals surface area contributed by atoms with Crippen molar-refractivity contribution in [2.45, 2.75) is 31.9 Å². The van der Waals surface area contributed by atoms with Gasteiger partial charge in [-0.2, -0.15) is 0 Å². The Hall–Kier alpha value is -1.95. The average molecular weight is 259 g/mol. The SMILES string of the molecule is Nc1ccc(-c2nnnn2CC2CCCCO2)cc1. The van der Waals surface area contributed by atoms with Crippen molar-refractivity contribution in [1.29, 1.82) is 0 Å². The highest BCUT2D eigenvalue weighted by atomic mass is 16.5. The minimum absolute atomic E-state index is 0.213. The highest BCUT2D eigenvalue weighted by Gasteiger charge is 2.17. The summed E-state index contributed by atoms with van der Waals surface area (Å²) in [5.74, 6) is 0.758. The molecule has 3 rings (SSSR count). The van der Waals surface area contributed by atoms with E-state index in [9.17, 15) is 0 Å². The summed E-state index contributed by atoms with van der Waals surface area (Å²) < 4.78 is 7.53. The van der Waals surface area contributed by atoms with E-state index in [2.05, 4.69) is 15.5 Å². The molecule has 1 aromatic carbocycles. The highest BCUT2D eigenvalue weighted by Crippen LogP contribution is 2.20. The summed E-state index contributed by atoms with van der Waals surface area (Å²) in [5.41, 5.74) is 7.39. The molecule has 2 aromatic rings. The van der Waals surface area contributed by atoms with Gasteiger partial charge in [0.2, 0.25) is 0 Å². The molecular formula is C13H17N5O. The van der Waals surface area contributed by atoms with E-state index in [0.717, 1.165) is 36.5 Å². The molecule has 0 aliphatic carbocycles. The van der Waals surface area contributed by atoms with Crippen molar-refractivity contribution in [3.05, 3.63) is 24.3 Å². The number of hydrogen-bond acceptors (Lipinski definition) is 5. The molecule has 0 radical (unpaired) electrons. The average Bonchev–Trinajstić information content (AvgIpc) is 2.89. The lowest BCUT2D eigenvalue weighted by atomic mass is 10.1. The van der Waals surface area contributed by atoms with Gasteiger partial charge in [-0.25, -0.2) is 4.68 Å². The van der Waals surface area contributed by atoms with Crippen molar-refractivity contribution in [3.8, 4) is 11.4 Å². The van der Waals surface area contributed by atoms with Gasteiger partial charge in [0.05, 0.1) is 12.6 Å². The van der Waals surface area contributed by atoms with E-state index >= 15 is 0 Å². The summed E-state index contributed by atoms with van der Waals surface area (Å²) in [6.07, 6.45) is 3.65. The number of benzene rings is 1. The molecule has 1 atom stereocenters. The molecule has 0 spiro atoms. The zero-order chi connectivity index (χ0) is 13.1. The van der Waals surface area contributed by atoms with E-state index in [1.807, 2.05) is 28.9 Å². The van der Waals surface area contributed by atoms with Gasteiger partial charge < -0.3 is 10.5 Å². The number of anilines is 1. The van der Waals surface area contributed by atoms with Crippen LogP contribution in [0.5, 0.6) is 0 Å². The number of nitrogen functional groups attached to an aromatic ring is 1. The molecule has 100 valence electrons. The second kappa shape index (κ2) is 5.36. The third-order valence-corrected chi connectivity index (χ3v) is 3.35. The molecule has 6 heteroatoms. The standard InChI is InChI=1S/C13H17N5O/c14-11-6-4-10(5-7-11)13-15-16-17-18(13)9-12-3-1-2-8-19-12/h4-7,12H,1-3,8-9,14H2. The van der Waals surface area contributed by atoms with E-state index in [1.165, 1.54) is 6.42 Å². The second-order valence-corrected chi connectivity index (χ2v) is 4.80. The Balaban J connectivity index is 1.79. The van der Waals surface area contributed by atoms with Crippen molar-refractivity contribution < 1.29 is 4.74 Å². The minimum atomic E-state index is 0.213. The summed E-state index contributed by atoms with van der Waals surface area (Å²) >= 11 is 0. The summed E-state index contributed by atoms with van der Waals surface area (Å²) in [5, 5.41) is 11.9. The molecule has 2 heterocycles. The molecule has 1 fully saturated rings. The molecule has 1 unspecified atom stereocenters. The molecule has 1 saturated heterocycles. The summed E-state index contributed by atoms with van der Waals surface area (Å²) in [4.78, 5) is 0. The van der Waals surface area contributed by atoms with E-state index < -0.39 is 0 Å². The van der Waals surface area contributed by atoms with Crippen molar-refractivity contribution in [2.75, 3.05) is 12.3 Å². The van der Waals surface area contributed by atoms with Crippen LogP contribution in [0.15, 0.2) is 24.3 Å². The fraction of sp³-hybridized carbons (Fsp3) is 0.462. The van der Waals surface area contributed by atoms with Crippen LogP contribution in [-0.2, 0) is 11.3 Å². The van der Waals surface area contributed by atoms with Crippen molar-refractivity contribution >= 4 is 5.69 Å². The van der Waals surface area contributed by atoms with Gasteiger partial charge in [0.15, 0.2) is 5.82 Å². The van der Waals surface area contributed by atoms with Gasteiger partial charge in [-0.05, 0) is 54.0 Å². The number of hydrogen-bond donors (Lipinski definition) is 1. The molecule has 2 N–H and O–H groups in total. The number of nitrogens with two attached hydrogens (primary N) is 1. The van der Waals surface area contributed by atoms with Gasteiger partial charge in [-0.15, -0.1) is 5.10 Å². The van der Waals surface area contributed by atoms with Gasteiger partial charge in [0, 0.05) is 17.9 Å². The molecule has 1 aliphatic rings. The van der Waals surface area contributed by atoms with Gasteiger partial charge >= 0.3 is 0 Å². The zero-order valence-electron chi connectivity index (χ0n) is 10.7. The van der Waals surface area contributed by atoms with Crippen LogP contribution in [-0.4, -0.2) is 32.9 Å². The van der Waals surface area contributed by atoms with E-state index in [0.29, 0.717) is 6.54 Å². The number of ether oxygens (including phenoxy) is 1. The minimum Gasteiger partial charge on any atom is -0.399 e. The molecule has 1 aromatic heterocycles. The Morgan fingerprint density at radius 1 is 1.26 bits per heavy atom. The maximum atomic E-state index is 5.72. The van der Waals surface area contributed by atoms with Gasteiger partial charge in [0.1, 0.15) is 0 Å². The predicted octanol–water partition coefficient (Wildman–Crippen LogP) is 1.49. The first-order valence-electron chi connectivity index (χ1n) is 6.56. The third kappa shape index (κ3) is 2.73. The van der Waals surface area contributed by atoms with Crippen LogP contribution in [0.2, 0.25) is 0 Å². The van der Waals surface area contributed by atoms with Gasteiger partial charge in [-0.3, -0.25) is 0 Å². The van der Waals surface area contributed by atoms with Crippen LogP contribution < -0.4 is 5.73 Å². The van der Waals surface area contributed by atoms with Gasteiger partial charge in [-0.1, -0.05) is 0 Å². The molecule has 1 aliphatic heterocycles. The molecule has 0 amide bonds. The lowest BCUT2D eigenvalue weighted by molar-refractivity contribution is 0.00397. The molecule has 19 heavy (non-hydrogen) atoms. The summed E-state index contributed by atoms with van der Waals surface area (Å²) in [6.45, 7) is 1.54. The van der Waals surface area contributed by atoms with Gasteiger partial charge in [0.25, 0.3) is 0 Å². The van der Waals surface area contributed by atoms with E-state index in [-0.39, 0.29) is 6.10 Å². The number of aromatic nitrogens is 4. The lowest BCUT2D eigenvalue weighted by Crippen LogP contribution is -2.25. The third-order valence-electron chi connectivity index (χ3n) is 3.35.